The van der Waals surface area contributed by atoms with E-state index in [0.717, 1.165) is 0 Å². The largest absolute Gasteiger partial charge is 0.477 e. The SMILES string of the molecule is CCC([n+]1ccccc1)S(=O)(=O)O.C[N+](C)(C)CC(=O)O. The average molecular weight is 320 g/mol. The molecule has 1 aromatic heterocycles. The van der Waals surface area contributed by atoms with Gasteiger partial charge in [-0.1, -0.05) is 13.0 Å². The van der Waals surface area contributed by atoms with E-state index in [1.165, 1.54) is 4.57 Å². The minimum Gasteiger partial charge on any atom is -0.477 e. The molecule has 2 N–H and O–H groups in total. The molecule has 0 radical (unpaired) electrons. The van der Waals surface area contributed by atoms with Gasteiger partial charge in [0.05, 0.1) is 21.1 Å². The zero-order valence-electron chi connectivity index (χ0n) is 12.8. The van der Waals surface area contributed by atoms with Gasteiger partial charge in [0, 0.05) is 18.6 Å². The first-order valence-electron chi connectivity index (χ1n) is 6.41. The second kappa shape index (κ2) is 8.06. The van der Waals surface area contributed by atoms with Crippen LogP contribution >= 0.6 is 0 Å². The lowest BCUT2D eigenvalue weighted by molar-refractivity contribution is -0.862. The fourth-order valence-corrected chi connectivity index (χ4v) is 2.45. The van der Waals surface area contributed by atoms with Crippen LogP contribution in [0.15, 0.2) is 30.6 Å². The summed E-state index contributed by atoms with van der Waals surface area (Å²) in [6, 6.07) is 5.22. The van der Waals surface area contributed by atoms with Gasteiger partial charge >= 0.3 is 16.1 Å². The Balaban J connectivity index is 0.000000433. The molecule has 0 aliphatic rings. The molecule has 0 amide bonds. The maximum atomic E-state index is 10.9. The average Bonchev–Trinajstić information content (AvgIpc) is 2.26. The number of hydrogen-bond donors (Lipinski definition) is 2. The molecule has 1 rings (SSSR count). The fourth-order valence-electron chi connectivity index (χ4n) is 1.59. The number of rotatable bonds is 5. The Morgan fingerprint density at radius 3 is 1.90 bits per heavy atom. The normalized spacial score (nSPS) is 13.0. The van der Waals surface area contributed by atoms with E-state index in [2.05, 4.69) is 0 Å². The van der Waals surface area contributed by atoms with Crippen LogP contribution < -0.4 is 4.57 Å². The van der Waals surface area contributed by atoms with Crippen LogP contribution in [0.2, 0.25) is 0 Å². The van der Waals surface area contributed by atoms with Gasteiger partial charge in [0.15, 0.2) is 18.9 Å². The highest BCUT2D eigenvalue weighted by Gasteiger charge is 2.29. The van der Waals surface area contributed by atoms with Gasteiger partial charge in [0.1, 0.15) is 0 Å². The topological polar surface area (TPSA) is 95.5 Å². The van der Waals surface area contributed by atoms with Crippen molar-refractivity contribution in [1.29, 1.82) is 0 Å². The summed E-state index contributed by atoms with van der Waals surface area (Å²) in [4.78, 5) is 10.00. The monoisotopic (exact) mass is 320 g/mol. The Kier molecular flexibility index (Phi) is 7.48. The van der Waals surface area contributed by atoms with E-state index in [4.69, 9.17) is 9.66 Å². The molecule has 0 bridgehead atoms. The number of likely N-dealkylation sites (N-methyl/N-ethyl adjacent to an activating group) is 1. The minimum atomic E-state index is -4.01. The molecule has 1 aromatic rings. The van der Waals surface area contributed by atoms with Crippen LogP contribution in [0, 0.1) is 0 Å². The summed E-state index contributed by atoms with van der Waals surface area (Å²) in [6.45, 7) is 1.89. The predicted octanol–water partition coefficient (Wildman–Crippen LogP) is 0.548. The summed E-state index contributed by atoms with van der Waals surface area (Å²) in [6.07, 6.45) is 3.57. The fraction of sp³-hybridized carbons (Fsp3) is 0.538. The second-order valence-corrected chi connectivity index (χ2v) is 7.12. The highest BCUT2D eigenvalue weighted by atomic mass is 32.2. The highest BCUT2D eigenvalue weighted by molar-refractivity contribution is 7.85. The molecular weight excluding hydrogens is 296 g/mol. The third-order valence-corrected chi connectivity index (χ3v) is 3.64. The summed E-state index contributed by atoms with van der Waals surface area (Å²) in [5.41, 5.74) is 0. The Bertz CT molecular complexity index is 537. The molecule has 1 heterocycles. The maximum absolute atomic E-state index is 10.9. The van der Waals surface area contributed by atoms with Gasteiger partial charge in [0.25, 0.3) is 5.37 Å². The summed E-state index contributed by atoms with van der Waals surface area (Å²) in [5.74, 6) is -0.752. The quantitative estimate of drug-likeness (QED) is 0.469. The number of hydrogen-bond acceptors (Lipinski definition) is 3. The molecule has 0 saturated carbocycles. The standard InChI is InChI=1S/C8H11NO3S.C5H11NO2/c1-2-8(13(10,11)12)9-6-4-3-5-7-9;1-6(2,3)4-5(7)8/h3-8H,2H2,1H3;4H2,1-3H3/p+2. The van der Waals surface area contributed by atoms with Crippen molar-refractivity contribution in [3.63, 3.8) is 0 Å². The van der Waals surface area contributed by atoms with Gasteiger partial charge in [-0.15, -0.1) is 0 Å². The van der Waals surface area contributed by atoms with Gasteiger partial charge in [-0.25, -0.2) is 4.79 Å². The molecule has 8 heteroatoms. The molecule has 0 saturated heterocycles. The lowest BCUT2D eigenvalue weighted by atomic mass is 10.4. The van der Waals surface area contributed by atoms with Crippen molar-refractivity contribution in [3.05, 3.63) is 30.6 Å². The van der Waals surface area contributed by atoms with Gasteiger partial charge in [-0.3, -0.25) is 4.55 Å². The van der Waals surface area contributed by atoms with E-state index in [0.29, 0.717) is 10.9 Å². The summed E-state index contributed by atoms with van der Waals surface area (Å²) < 4.78 is 32.6. The number of carboxylic acid groups (broad SMARTS) is 1. The lowest BCUT2D eigenvalue weighted by Crippen LogP contribution is -2.42. The molecule has 7 nitrogen and oxygen atoms in total. The third-order valence-electron chi connectivity index (χ3n) is 2.37. The van der Waals surface area contributed by atoms with Crippen LogP contribution in [0.3, 0.4) is 0 Å². The molecule has 0 aliphatic carbocycles. The Morgan fingerprint density at radius 1 is 1.19 bits per heavy atom. The van der Waals surface area contributed by atoms with Crippen LogP contribution in [0.1, 0.15) is 18.7 Å². The van der Waals surface area contributed by atoms with Crippen LogP contribution in [-0.4, -0.2) is 56.2 Å². The Hall–Kier alpha value is -1.51. The van der Waals surface area contributed by atoms with Crippen LogP contribution in [0.5, 0.6) is 0 Å². The number of carbonyl (C=O) groups is 1. The maximum Gasteiger partial charge on any atom is 0.359 e. The van der Waals surface area contributed by atoms with E-state index in [-0.39, 0.29) is 6.54 Å². The first kappa shape index (κ1) is 19.5. The number of quaternary nitrogens is 1. The van der Waals surface area contributed by atoms with Crippen molar-refractivity contribution < 1.29 is 31.9 Å². The number of pyridine rings is 1. The Morgan fingerprint density at radius 2 is 1.67 bits per heavy atom. The molecule has 1 unspecified atom stereocenters. The van der Waals surface area contributed by atoms with Crippen LogP contribution in [0.25, 0.3) is 0 Å². The van der Waals surface area contributed by atoms with Crippen molar-refractivity contribution >= 4 is 16.1 Å². The molecule has 21 heavy (non-hydrogen) atoms. The van der Waals surface area contributed by atoms with E-state index in [1.807, 2.05) is 21.1 Å². The molecule has 0 aliphatic heterocycles. The zero-order valence-corrected chi connectivity index (χ0v) is 13.6. The molecule has 0 spiro atoms. The van der Waals surface area contributed by atoms with Gasteiger partial charge in [0.2, 0.25) is 0 Å². The Labute approximate surface area is 125 Å². The lowest BCUT2D eigenvalue weighted by Gasteiger charge is -2.20. The van der Waals surface area contributed by atoms with E-state index >= 15 is 0 Å². The van der Waals surface area contributed by atoms with Crippen LogP contribution in [0.4, 0.5) is 0 Å². The third kappa shape index (κ3) is 9.11. The van der Waals surface area contributed by atoms with Gasteiger partial charge < -0.3 is 9.59 Å². The molecular formula is C13H24N2O5S+2. The van der Waals surface area contributed by atoms with Crippen LogP contribution in [-0.2, 0) is 14.9 Å². The van der Waals surface area contributed by atoms with Crippen molar-refractivity contribution in [2.75, 3.05) is 27.7 Å². The number of aliphatic carboxylic acids is 1. The van der Waals surface area contributed by atoms with Crippen molar-refractivity contribution in [1.82, 2.24) is 0 Å². The highest BCUT2D eigenvalue weighted by Crippen LogP contribution is 2.08. The molecule has 0 fully saturated rings. The number of aromatic nitrogens is 1. The van der Waals surface area contributed by atoms with Gasteiger partial charge in [-0.05, 0) is 0 Å². The minimum absolute atomic E-state index is 0.181. The molecule has 0 aromatic carbocycles. The summed E-state index contributed by atoms with van der Waals surface area (Å²) in [7, 11) is 1.52. The van der Waals surface area contributed by atoms with E-state index in [9.17, 15) is 13.2 Å². The van der Waals surface area contributed by atoms with E-state index < -0.39 is 21.5 Å². The number of nitrogens with zero attached hydrogens (tertiary/aromatic N) is 2. The predicted molar refractivity (Wildman–Crippen MR) is 78.0 cm³/mol. The zero-order chi connectivity index (χ0) is 16.7. The van der Waals surface area contributed by atoms with Crippen molar-refractivity contribution in [3.8, 4) is 0 Å². The first-order valence-corrected chi connectivity index (χ1v) is 7.92. The summed E-state index contributed by atoms with van der Waals surface area (Å²) in [5, 5.41) is 7.35. The molecule has 1 atom stereocenters. The van der Waals surface area contributed by atoms with Gasteiger partial charge in [-0.2, -0.15) is 13.0 Å². The first-order chi connectivity index (χ1) is 9.47. The van der Waals surface area contributed by atoms with Crippen molar-refractivity contribution in [2.24, 2.45) is 0 Å². The number of carboxylic acids is 1. The molecule has 120 valence electrons. The van der Waals surface area contributed by atoms with E-state index in [1.54, 1.807) is 37.5 Å². The van der Waals surface area contributed by atoms with Crippen molar-refractivity contribution in [2.45, 2.75) is 18.7 Å². The summed E-state index contributed by atoms with van der Waals surface area (Å²) >= 11 is 0. The smallest absolute Gasteiger partial charge is 0.359 e. The second-order valence-electron chi connectivity index (χ2n) is 5.54.